The van der Waals surface area contributed by atoms with E-state index in [1.54, 1.807) is 12.1 Å². The Morgan fingerprint density at radius 1 is 1.21 bits per heavy atom. The summed E-state index contributed by atoms with van der Waals surface area (Å²) in [6.07, 6.45) is 2.28. The third kappa shape index (κ3) is 5.26. The van der Waals surface area contributed by atoms with Crippen molar-refractivity contribution in [3.63, 3.8) is 0 Å². The van der Waals surface area contributed by atoms with Gasteiger partial charge in [0, 0.05) is 36.6 Å². The molecule has 6 heteroatoms. The third-order valence-corrected chi connectivity index (χ3v) is 5.52. The Balaban J connectivity index is 1.60. The van der Waals surface area contributed by atoms with Crippen LogP contribution in [-0.4, -0.2) is 38.3 Å². The number of benzene rings is 2. The molecule has 0 bridgehead atoms. The van der Waals surface area contributed by atoms with Crippen LogP contribution in [0.2, 0.25) is 0 Å². The maximum atomic E-state index is 12.6. The smallest absolute Gasteiger partial charge is 0.255 e. The molecule has 1 N–H and O–H groups in total. The number of hydrogen-bond donors (Lipinski definition) is 1. The Labute approximate surface area is 175 Å². The van der Waals surface area contributed by atoms with Crippen molar-refractivity contribution in [2.24, 2.45) is 0 Å². The van der Waals surface area contributed by atoms with E-state index in [4.69, 9.17) is 9.47 Å². The van der Waals surface area contributed by atoms with Crippen LogP contribution < -0.4 is 15.0 Å². The molecule has 1 atom stereocenters. The summed E-state index contributed by atoms with van der Waals surface area (Å²) < 4.78 is 12.2. The highest BCUT2D eigenvalue weighted by molar-refractivity contribution is 9.10. The number of rotatable bonds is 8. The molecular weight excluding hydrogens is 420 g/mol. The lowest BCUT2D eigenvalue weighted by Crippen LogP contribution is -2.21. The molecule has 1 saturated heterocycles. The average molecular weight is 447 g/mol. The highest BCUT2D eigenvalue weighted by atomic mass is 79.9. The van der Waals surface area contributed by atoms with Gasteiger partial charge in [-0.3, -0.25) is 4.79 Å². The van der Waals surface area contributed by atoms with Crippen molar-refractivity contribution in [1.82, 2.24) is 0 Å². The van der Waals surface area contributed by atoms with Crippen molar-refractivity contribution in [2.45, 2.75) is 32.8 Å². The molecule has 150 valence electrons. The second-order valence-corrected chi connectivity index (χ2v) is 7.62. The SMILES string of the molecule is CCN(CC)c1ccc(NC(=O)c2ccc(OCC3CCCO3)c(Br)c2)cc1. The zero-order chi connectivity index (χ0) is 19.9. The minimum atomic E-state index is -0.151. The van der Waals surface area contributed by atoms with E-state index in [0.29, 0.717) is 12.2 Å². The normalized spacial score (nSPS) is 16.0. The topological polar surface area (TPSA) is 50.8 Å². The van der Waals surface area contributed by atoms with E-state index >= 15 is 0 Å². The Bertz CT molecular complexity index is 785. The Kier molecular flexibility index (Phi) is 7.34. The first-order chi connectivity index (χ1) is 13.6. The van der Waals surface area contributed by atoms with Gasteiger partial charge in [0.05, 0.1) is 10.6 Å². The number of carbonyl (C=O) groups is 1. The van der Waals surface area contributed by atoms with Crippen LogP contribution in [0.5, 0.6) is 5.75 Å². The quantitative estimate of drug-likeness (QED) is 0.612. The number of carbonyl (C=O) groups excluding carboxylic acids is 1. The van der Waals surface area contributed by atoms with Gasteiger partial charge in [0.1, 0.15) is 12.4 Å². The van der Waals surface area contributed by atoms with Gasteiger partial charge in [-0.15, -0.1) is 0 Å². The Hall–Kier alpha value is -2.05. The van der Waals surface area contributed by atoms with E-state index in [0.717, 1.165) is 54.1 Å². The number of nitrogens with zero attached hydrogens (tertiary/aromatic N) is 1. The molecule has 3 rings (SSSR count). The van der Waals surface area contributed by atoms with Crippen molar-refractivity contribution in [3.05, 3.63) is 52.5 Å². The molecule has 0 saturated carbocycles. The monoisotopic (exact) mass is 446 g/mol. The summed E-state index contributed by atoms with van der Waals surface area (Å²) >= 11 is 3.50. The number of amides is 1. The summed E-state index contributed by atoms with van der Waals surface area (Å²) in [4.78, 5) is 14.8. The van der Waals surface area contributed by atoms with Crippen molar-refractivity contribution in [1.29, 1.82) is 0 Å². The average Bonchev–Trinajstić information content (AvgIpc) is 3.23. The lowest BCUT2D eigenvalue weighted by atomic mass is 10.2. The van der Waals surface area contributed by atoms with Crippen LogP contribution in [0, 0.1) is 0 Å². The lowest BCUT2D eigenvalue weighted by molar-refractivity contribution is 0.0677. The van der Waals surface area contributed by atoms with Gasteiger partial charge < -0.3 is 19.7 Å². The van der Waals surface area contributed by atoms with E-state index in [9.17, 15) is 4.79 Å². The maximum absolute atomic E-state index is 12.6. The van der Waals surface area contributed by atoms with Crippen LogP contribution in [0.3, 0.4) is 0 Å². The second kappa shape index (κ2) is 9.94. The molecule has 0 spiro atoms. The number of ether oxygens (including phenoxy) is 2. The van der Waals surface area contributed by atoms with E-state index in [2.05, 4.69) is 40.0 Å². The van der Waals surface area contributed by atoms with Crippen LogP contribution in [-0.2, 0) is 4.74 Å². The summed E-state index contributed by atoms with van der Waals surface area (Å²) in [5.74, 6) is 0.567. The molecule has 1 unspecified atom stereocenters. The first-order valence-electron chi connectivity index (χ1n) is 9.81. The Morgan fingerprint density at radius 2 is 1.96 bits per heavy atom. The molecule has 2 aromatic carbocycles. The first-order valence-corrected chi connectivity index (χ1v) is 10.6. The van der Waals surface area contributed by atoms with Gasteiger partial charge in [0.2, 0.25) is 0 Å². The third-order valence-electron chi connectivity index (χ3n) is 4.90. The van der Waals surface area contributed by atoms with Crippen LogP contribution in [0.25, 0.3) is 0 Å². The van der Waals surface area contributed by atoms with Gasteiger partial charge in [0.15, 0.2) is 0 Å². The summed E-state index contributed by atoms with van der Waals surface area (Å²) in [7, 11) is 0. The van der Waals surface area contributed by atoms with Crippen LogP contribution >= 0.6 is 15.9 Å². The molecule has 0 aliphatic carbocycles. The van der Waals surface area contributed by atoms with Crippen molar-refractivity contribution >= 4 is 33.2 Å². The summed E-state index contributed by atoms with van der Waals surface area (Å²) in [6, 6.07) is 13.3. The fourth-order valence-electron chi connectivity index (χ4n) is 3.27. The molecule has 0 radical (unpaired) electrons. The minimum Gasteiger partial charge on any atom is -0.490 e. The first kappa shape index (κ1) is 20.7. The summed E-state index contributed by atoms with van der Waals surface area (Å²) in [5.41, 5.74) is 2.50. The van der Waals surface area contributed by atoms with Gasteiger partial charge in [0.25, 0.3) is 5.91 Å². The van der Waals surface area contributed by atoms with Gasteiger partial charge in [-0.2, -0.15) is 0 Å². The number of anilines is 2. The predicted molar refractivity (Wildman–Crippen MR) is 117 cm³/mol. The maximum Gasteiger partial charge on any atom is 0.255 e. The predicted octanol–water partition coefficient (Wildman–Crippen LogP) is 5.11. The van der Waals surface area contributed by atoms with E-state index in [1.807, 2.05) is 30.3 Å². The Morgan fingerprint density at radius 3 is 2.57 bits per heavy atom. The largest absolute Gasteiger partial charge is 0.490 e. The fourth-order valence-corrected chi connectivity index (χ4v) is 3.76. The fraction of sp³-hybridized carbons (Fsp3) is 0.409. The van der Waals surface area contributed by atoms with Gasteiger partial charge in [-0.1, -0.05) is 0 Å². The van der Waals surface area contributed by atoms with E-state index in [-0.39, 0.29) is 12.0 Å². The van der Waals surface area contributed by atoms with Crippen molar-refractivity contribution in [2.75, 3.05) is 36.5 Å². The molecule has 1 fully saturated rings. The molecule has 1 aliphatic heterocycles. The molecule has 5 nitrogen and oxygen atoms in total. The minimum absolute atomic E-state index is 0.151. The number of nitrogens with one attached hydrogen (secondary N) is 1. The standard InChI is InChI=1S/C22H27BrN2O3/c1-3-25(4-2)18-10-8-17(9-11-18)24-22(26)16-7-12-21(20(23)14-16)28-15-19-6-5-13-27-19/h7-12,14,19H,3-6,13,15H2,1-2H3,(H,24,26). The molecule has 0 aromatic heterocycles. The summed E-state index contributed by atoms with van der Waals surface area (Å²) in [6.45, 7) is 7.51. The van der Waals surface area contributed by atoms with Gasteiger partial charge in [-0.25, -0.2) is 0 Å². The highest BCUT2D eigenvalue weighted by Crippen LogP contribution is 2.27. The van der Waals surface area contributed by atoms with Crippen LogP contribution in [0.15, 0.2) is 46.9 Å². The molecule has 2 aromatic rings. The zero-order valence-corrected chi connectivity index (χ0v) is 18.0. The van der Waals surface area contributed by atoms with E-state index in [1.165, 1.54) is 0 Å². The van der Waals surface area contributed by atoms with Gasteiger partial charge >= 0.3 is 0 Å². The molecule has 1 aliphatic rings. The van der Waals surface area contributed by atoms with Gasteiger partial charge in [-0.05, 0) is 85.1 Å². The number of halogens is 1. The molecule has 1 amide bonds. The van der Waals surface area contributed by atoms with Crippen molar-refractivity contribution < 1.29 is 14.3 Å². The molecule has 1 heterocycles. The zero-order valence-electron chi connectivity index (χ0n) is 16.4. The lowest BCUT2D eigenvalue weighted by Gasteiger charge is -2.21. The summed E-state index contributed by atoms with van der Waals surface area (Å²) in [5, 5.41) is 2.94. The number of hydrogen-bond acceptors (Lipinski definition) is 4. The molecule has 28 heavy (non-hydrogen) atoms. The highest BCUT2D eigenvalue weighted by Gasteiger charge is 2.17. The molecular formula is C22H27BrN2O3. The van der Waals surface area contributed by atoms with Crippen molar-refractivity contribution in [3.8, 4) is 5.75 Å². The second-order valence-electron chi connectivity index (χ2n) is 6.76. The van der Waals surface area contributed by atoms with E-state index < -0.39 is 0 Å². The van der Waals surface area contributed by atoms with Crippen LogP contribution in [0.4, 0.5) is 11.4 Å². The van der Waals surface area contributed by atoms with Crippen LogP contribution in [0.1, 0.15) is 37.0 Å².